The van der Waals surface area contributed by atoms with E-state index in [2.05, 4.69) is 6.92 Å². The third-order valence-electron chi connectivity index (χ3n) is 3.55. The van der Waals surface area contributed by atoms with Crippen LogP contribution in [0.25, 0.3) is 0 Å². The van der Waals surface area contributed by atoms with Crippen molar-refractivity contribution in [3.8, 4) is 0 Å². The van der Waals surface area contributed by atoms with Crippen LogP contribution < -0.4 is 0 Å². The van der Waals surface area contributed by atoms with E-state index in [4.69, 9.17) is 28.4 Å². The largest absolute Gasteiger partial charge is 0.382 e. The smallest absolute Gasteiger partial charge is 0.0701 e. The summed E-state index contributed by atoms with van der Waals surface area (Å²) in [7, 11) is 1.66. The molecule has 0 unspecified atom stereocenters. The average molecular weight is 320 g/mol. The van der Waals surface area contributed by atoms with Gasteiger partial charge in [-0.3, -0.25) is 0 Å². The predicted molar refractivity (Wildman–Crippen MR) is 83.3 cm³/mol. The lowest BCUT2D eigenvalue weighted by molar-refractivity contribution is -0.155. The van der Waals surface area contributed by atoms with Crippen molar-refractivity contribution < 1.29 is 28.4 Å². The number of rotatable bonds is 16. The summed E-state index contributed by atoms with van der Waals surface area (Å²) >= 11 is 0. The zero-order valence-electron chi connectivity index (χ0n) is 14.1. The first-order valence-corrected chi connectivity index (χ1v) is 8.20. The van der Waals surface area contributed by atoms with Gasteiger partial charge in [-0.2, -0.15) is 0 Å². The highest BCUT2D eigenvalue weighted by Crippen LogP contribution is 2.32. The van der Waals surface area contributed by atoms with Crippen molar-refractivity contribution >= 4 is 0 Å². The van der Waals surface area contributed by atoms with Gasteiger partial charge in [-0.1, -0.05) is 13.3 Å². The van der Waals surface area contributed by atoms with Gasteiger partial charge in [0, 0.05) is 12.5 Å². The zero-order valence-corrected chi connectivity index (χ0v) is 14.1. The van der Waals surface area contributed by atoms with Crippen LogP contribution in [0.3, 0.4) is 0 Å². The van der Waals surface area contributed by atoms with Crippen molar-refractivity contribution in [1.29, 1.82) is 0 Å². The van der Waals surface area contributed by atoms with Gasteiger partial charge in [-0.25, -0.2) is 0 Å². The molecule has 0 bridgehead atoms. The minimum Gasteiger partial charge on any atom is -0.382 e. The molecule has 0 N–H and O–H groups in total. The van der Waals surface area contributed by atoms with Gasteiger partial charge in [0.05, 0.1) is 72.7 Å². The molecule has 0 aromatic carbocycles. The first-order valence-electron chi connectivity index (χ1n) is 8.20. The van der Waals surface area contributed by atoms with E-state index in [1.165, 1.54) is 12.8 Å². The quantitative estimate of drug-likeness (QED) is 0.402. The standard InChI is InChI=1S/C16H32O6/c1-3-4-16(14-22-15-16)13-21-12-11-20-10-9-19-8-7-18-6-5-17-2/h3-15H2,1-2H3. The molecule has 6 heteroatoms. The van der Waals surface area contributed by atoms with Crippen molar-refractivity contribution in [1.82, 2.24) is 0 Å². The molecule has 1 heterocycles. The van der Waals surface area contributed by atoms with Crippen molar-refractivity contribution in [2.45, 2.75) is 19.8 Å². The summed E-state index contributed by atoms with van der Waals surface area (Å²) in [4.78, 5) is 0. The Hall–Kier alpha value is -0.240. The molecule has 0 atom stereocenters. The van der Waals surface area contributed by atoms with Gasteiger partial charge in [-0.15, -0.1) is 0 Å². The fourth-order valence-corrected chi connectivity index (χ4v) is 2.31. The third kappa shape index (κ3) is 9.02. The molecule has 0 radical (unpaired) electrons. The van der Waals surface area contributed by atoms with Gasteiger partial charge in [-0.05, 0) is 6.42 Å². The van der Waals surface area contributed by atoms with Crippen LogP contribution in [0.4, 0.5) is 0 Å². The molecular formula is C16H32O6. The van der Waals surface area contributed by atoms with Crippen LogP contribution in [0.1, 0.15) is 19.8 Å². The first kappa shape index (κ1) is 19.8. The Labute approximate surface area is 134 Å². The number of hydrogen-bond donors (Lipinski definition) is 0. The fraction of sp³-hybridized carbons (Fsp3) is 1.00. The van der Waals surface area contributed by atoms with Crippen LogP contribution in [-0.2, 0) is 28.4 Å². The molecule has 1 saturated heterocycles. The second-order valence-electron chi connectivity index (χ2n) is 5.63. The van der Waals surface area contributed by atoms with E-state index in [1.54, 1.807) is 7.11 Å². The van der Waals surface area contributed by atoms with E-state index in [9.17, 15) is 0 Å². The Bertz CT molecular complexity index is 245. The topological polar surface area (TPSA) is 55.4 Å². The second-order valence-corrected chi connectivity index (χ2v) is 5.63. The maximum Gasteiger partial charge on any atom is 0.0701 e. The highest BCUT2D eigenvalue weighted by atomic mass is 16.6. The molecule has 132 valence electrons. The Morgan fingerprint density at radius 1 is 0.773 bits per heavy atom. The molecular weight excluding hydrogens is 288 g/mol. The van der Waals surface area contributed by atoms with Gasteiger partial charge in [0.2, 0.25) is 0 Å². The SMILES string of the molecule is CCCC1(COCCOCCOCCOCCOC)COC1. The highest BCUT2D eigenvalue weighted by molar-refractivity contribution is 4.84. The molecule has 1 aliphatic rings. The van der Waals surface area contributed by atoms with Gasteiger partial charge < -0.3 is 28.4 Å². The summed E-state index contributed by atoms with van der Waals surface area (Å²) in [5.74, 6) is 0. The number of methoxy groups -OCH3 is 1. The molecule has 0 aromatic rings. The molecule has 0 saturated carbocycles. The van der Waals surface area contributed by atoms with Crippen LogP contribution >= 0.6 is 0 Å². The molecule has 0 aromatic heterocycles. The maximum absolute atomic E-state index is 5.70. The second kappa shape index (κ2) is 13.2. The molecule has 0 amide bonds. The van der Waals surface area contributed by atoms with Gasteiger partial charge >= 0.3 is 0 Å². The lowest BCUT2D eigenvalue weighted by Crippen LogP contribution is -2.46. The van der Waals surface area contributed by atoms with Crippen LogP contribution in [0.2, 0.25) is 0 Å². The third-order valence-corrected chi connectivity index (χ3v) is 3.55. The van der Waals surface area contributed by atoms with Crippen LogP contribution in [0.15, 0.2) is 0 Å². The van der Waals surface area contributed by atoms with Crippen molar-refractivity contribution in [3.63, 3.8) is 0 Å². The highest BCUT2D eigenvalue weighted by Gasteiger charge is 2.37. The fourth-order valence-electron chi connectivity index (χ4n) is 2.31. The Balaban J connectivity index is 1.76. The molecule has 0 aliphatic carbocycles. The minimum atomic E-state index is 0.265. The van der Waals surface area contributed by atoms with Crippen molar-refractivity contribution in [2.75, 3.05) is 79.8 Å². The summed E-state index contributed by atoms with van der Waals surface area (Å²) in [6.45, 7) is 9.47. The molecule has 1 rings (SSSR count). The molecule has 1 fully saturated rings. The monoisotopic (exact) mass is 320 g/mol. The van der Waals surface area contributed by atoms with Crippen LogP contribution in [-0.4, -0.2) is 79.8 Å². The van der Waals surface area contributed by atoms with E-state index >= 15 is 0 Å². The van der Waals surface area contributed by atoms with E-state index in [0.29, 0.717) is 52.9 Å². The molecule has 22 heavy (non-hydrogen) atoms. The van der Waals surface area contributed by atoms with Crippen LogP contribution in [0, 0.1) is 5.41 Å². The summed E-state index contributed by atoms with van der Waals surface area (Å²) in [5, 5.41) is 0. The summed E-state index contributed by atoms with van der Waals surface area (Å²) in [5.41, 5.74) is 0.265. The Kier molecular flexibility index (Phi) is 11.9. The zero-order chi connectivity index (χ0) is 15.9. The number of hydrogen-bond acceptors (Lipinski definition) is 6. The van der Waals surface area contributed by atoms with E-state index in [-0.39, 0.29) is 5.41 Å². The predicted octanol–water partition coefficient (Wildman–Crippen LogP) is 1.52. The number of ether oxygens (including phenoxy) is 6. The first-order chi connectivity index (χ1) is 10.8. The Morgan fingerprint density at radius 2 is 1.27 bits per heavy atom. The molecule has 6 nitrogen and oxygen atoms in total. The molecule has 0 spiro atoms. The van der Waals surface area contributed by atoms with Crippen molar-refractivity contribution in [3.05, 3.63) is 0 Å². The van der Waals surface area contributed by atoms with Crippen molar-refractivity contribution in [2.24, 2.45) is 5.41 Å². The minimum absolute atomic E-state index is 0.265. The molecule has 1 aliphatic heterocycles. The summed E-state index contributed by atoms with van der Waals surface area (Å²) < 4.78 is 32.0. The van der Waals surface area contributed by atoms with E-state index in [0.717, 1.165) is 19.8 Å². The lowest BCUT2D eigenvalue weighted by atomic mass is 9.82. The summed E-state index contributed by atoms with van der Waals surface area (Å²) in [6.07, 6.45) is 2.35. The van der Waals surface area contributed by atoms with E-state index in [1.807, 2.05) is 0 Å². The van der Waals surface area contributed by atoms with Gasteiger partial charge in [0.1, 0.15) is 0 Å². The van der Waals surface area contributed by atoms with Crippen LogP contribution in [0.5, 0.6) is 0 Å². The maximum atomic E-state index is 5.70. The lowest BCUT2D eigenvalue weighted by Gasteiger charge is -2.41. The Morgan fingerprint density at radius 3 is 1.68 bits per heavy atom. The van der Waals surface area contributed by atoms with Gasteiger partial charge in [0.15, 0.2) is 0 Å². The summed E-state index contributed by atoms with van der Waals surface area (Å²) in [6, 6.07) is 0. The van der Waals surface area contributed by atoms with Gasteiger partial charge in [0.25, 0.3) is 0 Å². The van der Waals surface area contributed by atoms with E-state index < -0.39 is 0 Å². The average Bonchev–Trinajstić information content (AvgIpc) is 2.49. The normalized spacial score (nSPS) is 16.6.